The number of rotatable bonds is 5. The van der Waals surface area contributed by atoms with Crippen LogP contribution in [-0.4, -0.2) is 62.1 Å². The molecular weight excluding hydrogens is 396 g/mol. The van der Waals surface area contributed by atoms with Gasteiger partial charge in [-0.3, -0.25) is 0 Å². The van der Waals surface area contributed by atoms with Crippen LogP contribution in [-0.2, 0) is 23.8 Å². The first-order valence-corrected chi connectivity index (χ1v) is 9.84. The molecule has 9 heteroatoms. The zero-order chi connectivity index (χ0) is 22.1. The minimum Gasteiger partial charge on any atom is -0.504 e. The lowest BCUT2D eigenvalue weighted by Crippen LogP contribution is -2.56. The van der Waals surface area contributed by atoms with Gasteiger partial charge in [0.05, 0.1) is 6.10 Å². The Morgan fingerprint density at radius 2 is 1.90 bits per heavy atom. The fourth-order valence-electron chi connectivity index (χ4n) is 3.81. The second-order valence-electron chi connectivity index (χ2n) is 7.63. The van der Waals surface area contributed by atoms with Crippen LogP contribution in [0.15, 0.2) is 24.3 Å². The molecule has 0 bridgehead atoms. The molecule has 0 unspecified atom stereocenters. The largest absolute Gasteiger partial charge is 0.504 e. The van der Waals surface area contributed by atoms with Crippen molar-refractivity contribution in [1.82, 2.24) is 0 Å². The molecule has 2 fully saturated rings. The number of aliphatic hydroxyl groups excluding tert-OH is 2. The number of hydrogen-bond acceptors (Lipinski definition) is 9. The number of esters is 2. The van der Waals surface area contributed by atoms with Gasteiger partial charge in [0, 0.05) is 31.8 Å². The van der Waals surface area contributed by atoms with E-state index in [-0.39, 0.29) is 24.3 Å². The van der Waals surface area contributed by atoms with E-state index >= 15 is 0 Å². The summed E-state index contributed by atoms with van der Waals surface area (Å²) in [6, 6.07) is 4.00. The highest BCUT2D eigenvalue weighted by molar-refractivity contribution is 5.87. The van der Waals surface area contributed by atoms with E-state index in [1.807, 2.05) is 13.8 Å². The number of carbonyl (C=O) groups excluding carboxylic acids is 2. The van der Waals surface area contributed by atoms with Crippen LogP contribution in [0, 0.1) is 0 Å². The van der Waals surface area contributed by atoms with Gasteiger partial charge in [-0.05, 0) is 23.8 Å². The Balaban J connectivity index is 1.73. The number of ether oxygens (including phenoxy) is 3. The van der Waals surface area contributed by atoms with Crippen molar-refractivity contribution in [1.29, 1.82) is 0 Å². The quantitative estimate of drug-likeness (QED) is 0.314. The molecule has 1 aromatic carbocycles. The van der Waals surface area contributed by atoms with E-state index in [1.54, 1.807) is 0 Å². The average molecular weight is 422 g/mol. The fraction of sp³-hybridized carbons (Fsp3) is 0.524. The third kappa shape index (κ3) is 4.14. The summed E-state index contributed by atoms with van der Waals surface area (Å²) in [4.78, 5) is 24.8. The van der Waals surface area contributed by atoms with Crippen molar-refractivity contribution >= 4 is 18.0 Å². The van der Waals surface area contributed by atoms with Gasteiger partial charge in [-0.25, -0.2) is 9.59 Å². The van der Waals surface area contributed by atoms with Crippen molar-refractivity contribution in [2.24, 2.45) is 0 Å². The first-order chi connectivity index (χ1) is 14.1. The van der Waals surface area contributed by atoms with Crippen LogP contribution in [0.3, 0.4) is 0 Å². The molecule has 2 aliphatic rings. The van der Waals surface area contributed by atoms with Crippen molar-refractivity contribution in [3.05, 3.63) is 29.8 Å². The zero-order valence-corrected chi connectivity index (χ0v) is 16.8. The molecule has 1 aromatic rings. The Morgan fingerprint density at radius 3 is 2.50 bits per heavy atom. The van der Waals surface area contributed by atoms with Gasteiger partial charge in [0.1, 0.15) is 12.2 Å². The topological polar surface area (TPSA) is 143 Å². The lowest BCUT2D eigenvalue weighted by molar-refractivity contribution is -0.223. The average Bonchev–Trinajstić information content (AvgIpc) is 2.98. The summed E-state index contributed by atoms with van der Waals surface area (Å²) < 4.78 is 16.7. The van der Waals surface area contributed by atoms with Crippen molar-refractivity contribution < 1.29 is 44.2 Å². The molecule has 1 spiro atoms. The monoisotopic (exact) mass is 422 g/mol. The lowest BCUT2D eigenvalue weighted by atomic mass is 9.79. The molecule has 0 aromatic heterocycles. The van der Waals surface area contributed by atoms with Gasteiger partial charge in [-0.1, -0.05) is 19.9 Å². The van der Waals surface area contributed by atoms with Gasteiger partial charge < -0.3 is 34.6 Å². The van der Waals surface area contributed by atoms with Crippen LogP contribution in [0.1, 0.15) is 45.1 Å². The predicted octanol–water partition coefficient (Wildman–Crippen LogP) is 1.37. The van der Waals surface area contributed by atoms with Gasteiger partial charge in [0.15, 0.2) is 17.1 Å². The van der Waals surface area contributed by atoms with Crippen molar-refractivity contribution in [3.63, 3.8) is 0 Å². The molecule has 4 N–H and O–H groups in total. The summed E-state index contributed by atoms with van der Waals surface area (Å²) in [5.74, 6) is -3.20. The maximum atomic E-state index is 12.6. The Kier molecular flexibility index (Phi) is 6.07. The van der Waals surface area contributed by atoms with Crippen LogP contribution < -0.4 is 0 Å². The highest BCUT2D eigenvalue weighted by Gasteiger charge is 2.62. The van der Waals surface area contributed by atoms with E-state index in [9.17, 15) is 30.0 Å². The second kappa shape index (κ2) is 8.25. The number of phenolic OH excluding ortho intramolecular Hbond substituents is 2. The smallest absolute Gasteiger partial charge is 0.341 e. The Bertz CT molecular complexity index is 845. The Hall–Kier alpha value is -2.62. The second-order valence-corrected chi connectivity index (χ2v) is 7.63. The SMILES string of the molecule is CCC1(CC)OC(=O)[C@@]2(C[C@@H](O)[C@@H](O)[C@H](OC(=O)/C=C/c3ccc(O)c(O)c3)C2)O1. The first kappa shape index (κ1) is 22.1. The highest BCUT2D eigenvalue weighted by atomic mass is 16.8. The third-order valence-corrected chi connectivity index (χ3v) is 5.63. The molecule has 1 heterocycles. The van der Waals surface area contributed by atoms with Crippen molar-refractivity contribution in [3.8, 4) is 11.5 Å². The highest BCUT2D eigenvalue weighted by Crippen LogP contribution is 2.45. The van der Waals surface area contributed by atoms with Crippen LogP contribution in [0.4, 0.5) is 0 Å². The van der Waals surface area contributed by atoms with Crippen LogP contribution in [0.25, 0.3) is 6.08 Å². The summed E-state index contributed by atoms with van der Waals surface area (Å²) in [5.41, 5.74) is -1.07. The van der Waals surface area contributed by atoms with E-state index in [1.165, 1.54) is 24.3 Å². The third-order valence-electron chi connectivity index (χ3n) is 5.63. The van der Waals surface area contributed by atoms with E-state index in [0.29, 0.717) is 18.4 Å². The van der Waals surface area contributed by atoms with E-state index < -0.39 is 41.6 Å². The van der Waals surface area contributed by atoms with Crippen molar-refractivity contribution in [2.75, 3.05) is 0 Å². The molecular formula is C21H26O9. The van der Waals surface area contributed by atoms with Gasteiger partial charge in [0.25, 0.3) is 0 Å². The maximum Gasteiger partial charge on any atom is 0.341 e. The number of benzene rings is 1. The molecule has 1 aliphatic carbocycles. The molecule has 1 aliphatic heterocycles. The summed E-state index contributed by atoms with van der Waals surface area (Å²) >= 11 is 0. The summed E-state index contributed by atoms with van der Waals surface area (Å²) in [7, 11) is 0. The first-order valence-electron chi connectivity index (χ1n) is 9.84. The Morgan fingerprint density at radius 1 is 1.20 bits per heavy atom. The molecule has 3 rings (SSSR count). The number of carbonyl (C=O) groups is 2. The maximum absolute atomic E-state index is 12.6. The summed E-state index contributed by atoms with van der Waals surface area (Å²) in [5, 5.41) is 39.4. The Labute approximate surface area is 173 Å². The van der Waals surface area contributed by atoms with Gasteiger partial charge in [-0.15, -0.1) is 0 Å². The lowest BCUT2D eigenvalue weighted by Gasteiger charge is -2.40. The molecule has 1 saturated carbocycles. The molecule has 164 valence electrons. The zero-order valence-electron chi connectivity index (χ0n) is 16.8. The predicted molar refractivity (Wildman–Crippen MR) is 103 cm³/mol. The number of cyclic esters (lactones) is 1. The number of aromatic hydroxyl groups is 2. The molecule has 0 amide bonds. The molecule has 30 heavy (non-hydrogen) atoms. The fourth-order valence-corrected chi connectivity index (χ4v) is 3.81. The van der Waals surface area contributed by atoms with Gasteiger partial charge >= 0.3 is 11.9 Å². The van der Waals surface area contributed by atoms with Gasteiger partial charge in [-0.2, -0.15) is 0 Å². The number of aliphatic hydroxyl groups is 2. The minimum absolute atomic E-state index is 0.147. The van der Waals surface area contributed by atoms with Crippen LogP contribution in [0.5, 0.6) is 11.5 Å². The standard InChI is InChI=1S/C21H26O9/c1-3-21(4-2)29-19(27)20(30-21)10-15(24)18(26)16(11-20)28-17(25)8-6-12-5-7-13(22)14(23)9-12/h5-9,15-16,18,22-24,26H,3-4,10-11H2,1-2H3/b8-6+/t15-,16-,18-,20+/m1/s1. The molecule has 1 saturated heterocycles. The summed E-state index contributed by atoms with van der Waals surface area (Å²) in [6.45, 7) is 3.63. The molecule has 4 atom stereocenters. The van der Waals surface area contributed by atoms with Crippen molar-refractivity contribution in [2.45, 2.75) is 69.2 Å². The normalized spacial score (nSPS) is 30.5. The van der Waals surface area contributed by atoms with Crippen LogP contribution in [0.2, 0.25) is 0 Å². The van der Waals surface area contributed by atoms with E-state index in [4.69, 9.17) is 14.2 Å². The molecule has 0 radical (unpaired) electrons. The van der Waals surface area contributed by atoms with E-state index in [2.05, 4.69) is 0 Å². The molecule has 9 nitrogen and oxygen atoms in total. The number of phenols is 2. The van der Waals surface area contributed by atoms with Crippen LogP contribution >= 0.6 is 0 Å². The van der Waals surface area contributed by atoms with E-state index in [0.717, 1.165) is 6.08 Å². The minimum atomic E-state index is -1.50. The summed E-state index contributed by atoms with van der Waals surface area (Å²) in [6.07, 6.45) is -0.963. The number of hydrogen-bond donors (Lipinski definition) is 4. The van der Waals surface area contributed by atoms with Gasteiger partial charge in [0.2, 0.25) is 5.79 Å².